The number of likely N-dealkylation sites (tertiary alicyclic amines) is 1. The van der Waals surface area contributed by atoms with Crippen molar-refractivity contribution in [3.05, 3.63) is 9.66 Å². The summed E-state index contributed by atoms with van der Waals surface area (Å²) in [7, 11) is 2.05. The Morgan fingerprint density at radius 2 is 1.95 bits per heavy atom. The van der Waals surface area contributed by atoms with Crippen LogP contribution in [-0.4, -0.2) is 23.9 Å². The number of allylic oxidation sites excluding steroid dienone is 2. The third-order valence-corrected chi connectivity index (χ3v) is 9.72. The molecule has 4 aliphatic rings. The van der Waals surface area contributed by atoms with E-state index in [4.69, 9.17) is 0 Å². The lowest BCUT2D eigenvalue weighted by atomic mass is 9.47. The molecule has 1 aliphatic heterocycles. The van der Waals surface area contributed by atoms with Crippen LogP contribution in [-0.2, 0) is 4.79 Å². The third kappa shape index (κ3) is 1.86. The number of hydrogen-bond acceptors (Lipinski definition) is 1. The van der Waals surface area contributed by atoms with Crippen molar-refractivity contribution in [3.63, 3.8) is 0 Å². The van der Waals surface area contributed by atoms with Crippen LogP contribution < -0.4 is 0 Å². The molecule has 2 saturated carbocycles. The SMILES string of the molecule is CN1C(=O)CC[C@]2(C)C3CC[C@]4(C)C(I)=CCC4C3CCC12. The average molecular weight is 413 g/mol. The first-order chi connectivity index (χ1) is 10.4. The minimum absolute atomic E-state index is 0.362. The molecular formula is C19H28INO. The van der Waals surface area contributed by atoms with E-state index in [0.29, 0.717) is 22.8 Å². The van der Waals surface area contributed by atoms with Gasteiger partial charge in [-0.25, -0.2) is 0 Å². The highest BCUT2D eigenvalue weighted by Gasteiger charge is 2.59. The lowest BCUT2D eigenvalue weighted by Crippen LogP contribution is -2.61. The number of rotatable bonds is 0. The maximum Gasteiger partial charge on any atom is 0.222 e. The summed E-state index contributed by atoms with van der Waals surface area (Å²) in [6.07, 6.45) is 11.0. The van der Waals surface area contributed by atoms with Crippen molar-refractivity contribution in [1.82, 2.24) is 4.90 Å². The summed E-state index contributed by atoms with van der Waals surface area (Å²) in [6, 6.07) is 0.493. The minimum atomic E-state index is 0.362. The van der Waals surface area contributed by atoms with Gasteiger partial charge in [0.25, 0.3) is 0 Å². The molecule has 4 rings (SSSR count). The van der Waals surface area contributed by atoms with E-state index < -0.39 is 0 Å². The Hall–Kier alpha value is -0.0600. The predicted octanol–water partition coefficient (Wildman–Crippen LogP) is 4.78. The normalized spacial score (nSPS) is 51.0. The highest BCUT2D eigenvalue weighted by atomic mass is 127. The Morgan fingerprint density at radius 1 is 1.18 bits per heavy atom. The van der Waals surface area contributed by atoms with Crippen molar-refractivity contribution in [3.8, 4) is 0 Å². The second kappa shape index (κ2) is 4.97. The first-order valence-electron chi connectivity index (χ1n) is 9.00. The third-order valence-electron chi connectivity index (χ3n) is 8.04. The molecule has 0 aromatic carbocycles. The van der Waals surface area contributed by atoms with Crippen molar-refractivity contribution in [2.45, 2.75) is 64.8 Å². The summed E-state index contributed by atoms with van der Waals surface area (Å²) in [4.78, 5) is 14.2. The number of nitrogens with zero attached hydrogens (tertiary/aromatic N) is 1. The fourth-order valence-corrected chi connectivity index (χ4v) is 7.59. The predicted molar refractivity (Wildman–Crippen MR) is 97.7 cm³/mol. The second-order valence-corrected chi connectivity index (χ2v) is 9.89. The van der Waals surface area contributed by atoms with Crippen molar-refractivity contribution < 1.29 is 4.79 Å². The maximum atomic E-state index is 12.1. The van der Waals surface area contributed by atoms with Gasteiger partial charge in [-0.1, -0.05) is 19.9 Å². The molecule has 0 N–H and O–H groups in total. The van der Waals surface area contributed by atoms with Gasteiger partial charge in [0.1, 0.15) is 0 Å². The number of amides is 1. The molecule has 3 heteroatoms. The summed E-state index contributed by atoms with van der Waals surface area (Å²) < 4.78 is 1.62. The molecule has 0 bridgehead atoms. The molecule has 6 atom stereocenters. The van der Waals surface area contributed by atoms with E-state index in [9.17, 15) is 4.79 Å². The van der Waals surface area contributed by atoms with Gasteiger partial charge >= 0.3 is 0 Å². The van der Waals surface area contributed by atoms with E-state index in [1.54, 1.807) is 3.58 Å². The standard InChI is InChI=1S/C19H28INO/c1-18-10-8-14-12(13(18)5-6-15(18)20)4-7-16-19(14,2)11-9-17(22)21(16)3/h6,12-14,16H,4-5,7-11H2,1-3H3/t12?,13?,14?,16?,18-,19+/m0/s1. The van der Waals surface area contributed by atoms with E-state index in [-0.39, 0.29) is 0 Å². The van der Waals surface area contributed by atoms with Crippen molar-refractivity contribution >= 4 is 28.5 Å². The molecule has 22 heavy (non-hydrogen) atoms. The van der Waals surface area contributed by atoms with E-state index in [0.717, 1.165) is 30.6 Å². The zero-order valence-corrected chi connectivity index (χ0v) is 16.2. The Bertz CT molecular complexity index is 544. The molecular weight excluding hydrogens is 385 g/mol. The van der Waals surface area contributed by atoms with Crippen LogP contribution in [0.5, 0.6) is 0 Å². The number of hydrogen-bond donors (Lipinski definition) is 0. The molecule has 0 spiro atoms. The number of piperidine rings is 1. The van der Waals surface area contributed by atoms with Gasteiger partial charge in [-0.2, -0.15) is 0 Å². The van der Waals surface area contributed by atoms with Gasteiger partial charge in [0.2, 0.25) is 5.91 Å². The topological polar surface area (TPSA) is 20.3 Å². The van der Waals surface area contributed by atoms with Crippen molar-refractivity contribution in [2.75, 3.05) is 7.05 Å². The molecule has 1 saturated heterocycles. The summed E-state index contributed by atoms with van der Waals surface area (Å²) in [5, 5.41) is 0. The molecule has 3 fully saturated rings. The van der Waals surface area contributed by atoms with Crippen LogP contribution in [0.25, 0.3) is 0 Å². The molecule has 122 valence electrons. The largest absolute Gasteiger partial charge is 0.342 e. The van der Waals surface area contributed by atoms with Gasteiger partial charge in [-0.05, 0) is 87.9 Å². The Labute approximate surface area is 148 Å². The monoisotopic (exact) mass is 413 g/mol. The van der Waals surface area contributed by atoms with Crippen LogP contribution in [0.3, 0.4) is 0 Å². The van der Waals surface area contributed by atoms with Crippen molar-refractivity contribution in [1.29, 1.82) is 0 Å². The Kier molecular flexibility index (Phi) is 3.49. The van der Waals surface area contributed by atoms with Gasteiger partial charge in [-0.3, -0.25) is 4.79 Å². The lowest BCUT2D eigenvalue weighted by Gasteiger charge is -2.61. The summed E-state index contributed by atoms with van der Waals surface area (Å²) >= 11 is 2.60. The Balaban J connectivity index is 1.66. The van der Waals surface area contributed by atoms with Gasteiger partial charge < -0.3 is 4.90 Å². The highest BCUT2D eigenvalue weighted by molar-refractivity contribution is 14.1. The zero-order chi connectivity index (χ0) is 15.7. The number of carbonyl (C=O) groups is 1. The smallest absolute Gasteiger partial charge is 0.222 e. The highest BCUT2D eigenvalue weighted by Crippen LogP contribution is 2.65. The fraction of sp³-hybridized carbons (Fsp3) is 0.842. The van der Waals surface area contributed by atoms with E-state index in [1.807, 2.05) is 0 Å². The van der Waals surface area contributed by atoms with Crippen molar-refractivity contribution in [2.24, 2.45) is 28.6 Å². The van der Waals surface area contributed by atoms with Crippen LogP contribution in [0, 0.1) is 28.6 Å². The second-order valence-electron chi connectivity index (χ2n) is 8.72. The van der Waals surface area contributed by atoms with Gasteiger partial charge in [-0.15, -0.1) is 0 Å². The van der Waals surface area contributed by atoms with E-state index in [2.05, 4.69) is 54.5 Å². The first kappa shape index (κ1) is 15.5. The quantitative estimate of drug-likeness (QED) is 0.524. The van der Waals surface area contributed by atoms with Crippen LogP contribution in [0.4, 0.5) is 0 Å². The number of halogens is 1. The molecule has 0 radical (unpaired) electrons. The first-order valence-corrected chi connectivity index (χ1v) is 10.1. The minimum Gasteiger partial charge on any atom is -0.342 e. The maximum absolute atomic E-state index is 12.1. The summed E-state index contributed by atoms with van der Waals surface area (Å²) in [5.41, 5.74) is 0.822. The van der Waals surface area contributed by atoms with Crippen LogP contribution in [0.1, 0.15) is 58.8 Å². The lowest BCUT2D eigenvalue weighted by molar-refractivity contribution is -0.156. The Morgan fingerprint density at radius 3 is 2.73 bits per heavy atom. The molecule has 0 aromatic rings. The zero-order valence-electron chi connectivity index (χ0n) is 14.1. The van der Waals surface area contributed by atoms with Crippen LogP contribution >= 0.6 is 22.6 Å². The molecule has 1 amide bonds. The number of carbonyl (C=O) groups excluding carboxylic acids is 1. The molecule has 2 nitrogen and oxygen atoms in total. The van der Waals surface area contributed by atoms with E-state index in [1.165, 1.54) is 32.1 Å². The van der Waals surface area contributed by atoms with Gasteiger partial charge in [0.05, 0.1) is 0 Å². The van der Waals surface area contributed by atoms with Gasteiger partial charge in [0, 0.05) is 24.9 Å². The van der Waals surface area contributed by atoms with Crippen LogP contribution in [0.15, 0.2) is 9.66 Å². The molecule has 1 heterocycles. The molecule has 0 aromatic heterocycles. The molecule has 4 unspecified atom stereocenters. The summed E-state index contributed by atoms with van der Waals surface area (Å²) in [5.74, 6) is 2.94. The summed E-state index contributed by atoms with van der Waals surface area (Å²) in [6.45, 7) is 5.03. The van der Waals surface area contributed by atoms with Gasteiger partial charge in [0.15, 0.2) is 0 Å². The molecule has 3 aliphatic carbocycles. The fourth-order valence-electron chi connectivity index (χ4n) is 6.67. The van der Waals surface area contributed by atoms with Crippen LogP contribution in [0.2, 0.25) is 0 Å². The average Bonchev–Trinajstić information content (AvgIpc) is 2.79. The van der Waals surface area contributed by atoms with E-state index >= 15 is 0 Å². The number of fused-ring (bicyclic) bond motifs is 5.